The van der Waals surface area contributed by atoms with Crippen LogP contribution in [0.1, 0.15) is 25.3 Å². The molecule has 1 atom stereocenters. The fraction of sp³-hybridized carbons (Fsp3) is 0.467. The van der Waals surface area contributed by atoms with Crippen LogP contribution < -0.4 is 5.32 Å². The van der Waals surface area contributed by atoms with Crippen molar-refractivity contribution in [1.82, 2.24) is 10.2 Å². The molecule has 6 heteroatoms. The van der Waals surface area contributed by atoms with Crippen LogP contribution in [0.4, 0.5) is 9.18 Å². The van der Waals surface area contributed by atoms with Crippen molar-refractivity contribution in [3.05, 3.63) is 35.6 Å². The molecule has 2 N–H and O–H groups in total. The molecule has 1 saturated heterocycles. The second-order valence-electron chi connectivity index (χ2n) is 5.41. The molecule has 1 aliphatic rings. The lowest BCUT2D eigenvalue weighted by atomic mass is 10.00. The van der Waals surface area contributed by atoms with Crippen molar-refractivity contribution >= 4 is 12.0 Å². The summed E-state index contributed by atoms with van der Waals surface area (Å²) in [6, 6.07) is 5.98. The fourth-order valence-electron chi connectivity index (χ4n) is 2.61. The molecule has 1 aromatic carbocycles. The first-order valence-electron chi connectivity index (χ1n) is 6.97. The second-order valence-corrected chi connectivity index (χ2v) is 5.41. The Bertz CT molecular complexity index is 549. The highest BCUT2D eigenvalue weighted by Gasteiger charge is 2.45. The van der Waals surface area contributed by atoms with Gasteiger partial charge >= 0.3 is 12.0 Å². The number of carboxylic acids is 1. The van der Waals surface area contributed by atoms with Crippen LogP contribution in [0.25, 0.3) is 0 Å². The van der Waals surface area contributed by atoms with Gasteiger partial charge in [-0.1, -0.05) is 18.2 Å². The van der Waals surface area contributed by atoms with Crippen molar-refractivity contribution in [3.63, 3.8) is 0 Å². The molecule has 1 unspecified atom stereocenters. The molecule has 1 fully saturated rings. The van der Waals surface area contributed by atoms with Gasteiger partial charge in [-0.3, -0.25) is 0 Å². The topological polar surface area (TPSA) is 69.6 Å². The van der Waals surface area contributed by atoms with E-state index in [1.165, 1.54) is 11.0 Å². The lowest BCUT2D eigenvalue weighted by molar-refractivity contribution is -0.147. The van der Waals surface area contributed by atoms with Crippen molar-refractivity contribution in [1.29, 1.82) is 0 Å². The number of nitrogens with one attached hydrogen (secondary N) is 1. The number of aliphatic carboxylic acids is 1. The molecule has 2 amide bonds. The maximum absolute atomic E-state index is 13.4. The van der Waals surface area contributed by atoms with E-state index in [9.17, 15) is 19.1 Å². The molecule has 0 spiro atoms. The minimum Gasteiger partial charge on any atom is -0.480 e. The minimum absolute atomic E-state index is 0.270. The third kappa shape index (κ3) is 3.15. The van der Waals surface area contributed by atoms with Gasteiger partial charge in [-0.25, -0.2) is 14.0 Å². The number of carboxylic acid groups (broad SMARTS) is 1. The maximum atomic E-state index is 13.4. The van der Waals surface area contributed by atoms with E-state index in [0.29, 0.717) is 31.4 Å². The quantitative estimate of drug-likeness (QED) is 0.892. The Kier molecular flexibility index (Phi) is 4.45. The van der Waals surface area contributed by atoms with E-state index in [1.54, 1.807) is 25.1 Å². The average Bonchev–Trinajstić information content (AvgIpc) is 2.84. The van der Waals surface area contributed by atoms with Crippen LogP contribution in [0.2, 0.25) is 0 Å². The zero-order valence-electron chi connectivity index (χ0n) is 11.9. The van der Waals surface area contributed by atoms with Gasteiger partial charge in [-0.15, -0.1) is 0 Å². The molecule has 1 heterocycles. The number of amides is 2. The first kappa shape index (κ1) is 15.3. The number of benzene rings is 1. The fourth-order valence-corrected chi connectivity index (χ4v) is 2.61. The molecular weight excluding hydrogens is 275 g/mol. The van der Waals surface area contributed by atoms with Gasteiger partial charge < -0.3 is 15.3 Å². The van der Waals surface area contributed by atoms with Crippen molar-refractivity contribution in [3.8, 4) is 0 Å². The molecule has 0 aliphatic carbocycles. The van der Waals surface area contributed by atoms with E-state index in [2.05, 4.69) is 5.32 Å². The van der Waals surface area contributed by atoms with Crippen molar-refractivity contribution < 1.29 is 19.1 Å². The first-order chi connectivity index (χ1) is 9.95. The molecular formula is C15H19FN2O3. The molecule has 1 aliphatic heterocycles. The summed E-state index contributed by atoms with van der Waals surface area (Å²) in [4.78, 5) is 24.7. The van der Waals surface area contributed by atoms with Crippen LogP contribution in [0.5, 0.6) is 0 Å². The highest BCUT2D eigenvalue weighted by atomic mass is 19.1. The second kappa shape index (κ2) is 6.11. The molecule has 114 valence electrons. The van der Waals surface area contributed by atoms with E-state index < -0.39 is 17.5 Å². The van der Waals surface area contributed by atoms with E-state index in [0.717, 1.165) is 0 Å². The van der Waals surface area contributed by atoms with Crippen molar-refractivity contribution in [2.75, 3.05) is 13.1 Å². The van der Waals surface area contributed by atoms with Crippen molar-refractivity contribution in [2.45, 2.75) is 31.7 Å². The highest BCUT2D eigenvalue weighted by molar-refractivity contribution is 5.86. The van der Waals surface area contributed by atoms with Gasteiger partial charge in [0.15, 0.2) is 0 Å². The maximum Gasteiger partial charge on any atom is 0.329 e. The van der Waals surface area contributed by atoms with Gasteiger partial charge in [-0.05, 0) is 37.8 Å². The smallest absolute Gasteiger partial charge is 0.329 e. The third-order valence-electron chi connectivity index (χ3n) is 3.98. The summed E-state index contributed by atoms with van der Waals surface area (Å²) in [7, 11) is 0. The van der Waals surface area contributed by atoms with Gasteiger partial charge in [0, 0.05) is 13.1 Å². The summed E-state index contributed by atoms with van der Waals surface area (Å²) in [6.07, 6.45) is 1.49. The number of carbonyl (C=O) groups is 2. The monoisotopic (exact) mass is 294 g/mol. The normalized spacial score (nSPS) is 21.3. The molecule has 0 saturated carbocycles. The molecule has 0 bridgehead atoms. The number of urea groups is 1. The van der Waals surface area contributed by atoms with Gasteiger partial charge in [0.25, 0.3) is 0 Å². The summed E-state index contributed by atoms with van der Waals surface area (Å²) in [6.45, 7) is 2.25. The largest absolute Gasteiger partial charge is 0.480 e. The Morgan fingerprint density at radius 3 is 2.81 bits per heavy atom. The molecule has 1 aromatic rings. The average molecular weight is 294 g/mol. The highest BCUT2D eigenvalue weighted by Crippen LogP contribution is 2.29. The third-order valence-corrected chi connectivity index (χ3v) is 3.98. The summed E-state index contributed by atoms with van der Waals surface area (Å²) in [5.41, 5.74) is -0.623. The summed E-state index contributed by atoms with van der Waals surface area (Å²) in [5, 5.41) is 11.9. The molecule has 0 aromatic heterocycles. The van der Waals surface area contributed by atoms with Gasteiger partial charge in [-0.2, -0.15) is 0 Å². The van der Waals surface area contributed by atoms with E-state index in [1.807, 2.05) is 0 Å². The van der Waals surface area contributed by atoms with Gasteiger partial charge in [0.05, 0.1) is 0 Å². The predicted octanol–water partition coefficient (Wildman–Crippen LogP) is 2.02. The zero-order valence-corrected chi connectivity index (χ0v) is 11.9. The van der Waals surface area contributed by atoms with Crippen LogP contribution in [0, 0.1) is 5.82 Å². The Balaban J connectivity index is 1.91. The Labute approximate surface area is 122 Å². The van der Waals surface area contributed by atoms with Gasteiger partial charge in [0.1, 0.15) is 11.4 Å². The van der Waals surface area contributed by atoms with Gasteiger partial charge in [0.2, 0.25) is 0 Å². The molecule has 21 heavy (non-hydrogen) atoms. The number of hydrogen-bond donors (Lipinski definition) is 2. The zero-order chi connectivity index (χ0) is 15.5. The minimum atomic E-state index is -1.15. The Morgan fingerprint density at radius 2 is 2.14 bits per heavy atom. The van der Waals surface area contributed by atoms with E-state index in [-0.39, 0.29) is 12.4 Å². The molecule has 2 rings (SSSR count). The number of hydrogen-bond acceptors (Lipinski definition) is 2. The standard InChI is InChI=1S/C15H19FN2O3/c1-15(13(19)20)8-4-10-18(15)14(21)17-9-7-11-5-2-3-6-12(11)16/h2-3,5-6H,4,7-10H2,1H3,(H,17,21)(H,19,20). The van der Waals surface area contributed by atoms with Crippen LogP contribution in [0.15, 0.2) is 24.3 Å². The number of rotatable bonds is 4. The van der Waals surface area contributed by atoms with E-state index >= 15 is 0 Å². The predicted molar refractivity (Wildman–Crippen MR) is 75.5 cm³/mol. The summed E-state index contributed by atoms with van der Waals surface area (Å²) in [5.74, 6) is -1.30. The number of halogens is 1. The first-order valence-corrected chi connectivity index (χ1v) is 6.97. The van der Waals surface area contributed by atoms with Crippen LogP contribution >= 0.6 is 0 Å². The number of likely N-dealkylation sites (tertiary alicyclic amines) is 1. The number of nitrogens with zero attached hydrogens (tertiary/aromatic N) is 1. The van der Waals surface area contributed by atoms with Crippen molar-refractivity contribution in [2.24, 2.45) is 0 Å². The van der Waals surface area contributed by atoms with Crippen LogP contribution in [0.3, 0.4) is 0 Å². The Morgan fingerprint density at radius 1 is 1.43 bits per heavy atom. The van der Waals surface area contributed by atoms with E-state index in [4.69, 9.17) is 0 Å². The van der Waals surface area contributed by atoms with Crippen LogP contribution in [-0.4, -0.2) is 40.6 Å². The SMILES string of the molecule is CC1(C(=O)O)CCCN1C(=O)NCCc1ccccc1F. The lowest BCUT2D eigenvalue weighted by Gasteiger charge is -2.31. The molecule has 0 radical (unpaired) electrons. The Hall–Kier alpha value is -2.11. The molecule has 5 nitrogen and oxygen atoms in total. The number of carbonyl (C=O) groups excluding carboxylic acids is 1. The summed E-state index contributed by atoms with van der Waals surface area (Å²) < 4.78 is 13.4. The lowest BCUT2D eigenvalue weighted by Crippen LogP contribution is -2.54. The van der Waals surface area contributed by atoms with Crippen LogP contribution in [-0.2, 0) is 11.2 Å². The summed E-state index contributed by atoms with van der Waals surface area (Å²) >= 11 is 0.